The minimum atomic E-state index is -0.973. The summed E-state index contributed by atoms with van der Waals surface area (Å²) in [5.41, 5.74) is 2.57. The van der Waals surface area contributed by atoms with Gasteiger partial charge in [-0.1, -0.05) is 23.5 Å². The highest BCUT2D eigenvalue weighted by Crippen LogP contribution is 2.46. The Kier molecular flexibility index (Phi) is 6.55. The number of carbonyl (C=O) groups is 2. The number of rotatable bonds is 6. The van der Waals surface area contributed by atoms with Gasteiger partial charge in [0.2, 0.25) is 0 Å². The maximum Gasteiger partial charge on any atom is 0.301 e. The molecule has 204 valence electrons. The number of benzene rings is 3. The monoisotopic (exact) mass is 558 g/mol. The van der Waals surface area contributed by atoms with Gasteiger partial charge in [0.05, 0.1) is 35.5 Å². The minimum Gasteiger partial charge on any atom is -0.507 e. The lowest BCUT2D eigenvalue weighted by molar-refractivity contribution is -0.132. The first-order valence-corrected chi connectivity index (χ1v) is 13.6. The Labute approximate surface area is 234 Å². The van der Waals surface area contributed by atoms with Gasteiger partial charge in [-0.3, -0.25) is 14.5 Å². The predicted molar refractivity (Wildman–Crippen MR) is 151 cm³/mol. The number of anilines is 1. The number of nitrogens with zero attached hydrogens (tertiary/aromatic N) is 2. The third-order valence-corrected chi connectivity index (χ3v) is 7.82. The third-order valence-electron chi connectivity index (χ3n) is 6.80. The van der Waals surface area contributed by atoms with Crippen LogP contribution < -0.4 is 23.8 Å². The largest absolute Gasteiger partial charge is 0.507 e. The van der Waals surface area contributed by atoms with Crippen molar-refractivity contribution in [3.63, 3.8) is 0 Å². The number of ether oxygens (including phenoxy) is 4. The van der Waals surface area contributed by atoms with Gasteiger partial charge >= 0.3 is 5.91 Å². The van der Waals surface area contributed by atoms with Gasteiger partial charge in [0.15, 0.2) is 28.1 Å². The van der Waals surface area contributed by atoms with Crippen LogP contribution in [0.25, 0.3) is 16.0 Å². The lowest BCUT2D eigenvalue weighted by atomic mass is 9.95. The van der Waals surface area contributed by atoms with E-state index < -0.39 is 17.7 Å². The summed E-state index contributed by atoms with van der Waals surface area (Å²) in [5.74, 6) is 0.0180. The second kappa shape index (κ2) is 10.2. The molecule has 6 rings (SSSR count). The molecule has 40 heavy (non-hydrogen) atoms. The second-order valence-corrected chi connectivity index (χ2v) is 10.3. The van der Waals surface area contributed by atoms with Crippen LogP contribution >= 0.6 is 11.3 Å². The Balaban J connectivity index is 1.55. The zero-order valence-corrected chi connectivity index (χ0v) is 22.9. The van der Waals surface area contributed by atoms with Gasteiger partial charge < -0.3 is 24.1 Å². The maximum absolute atomic E-state index is 13.6. The van der Waals surface area contributed by atoms with Crippen LogP contribution in [0.15, 0.2) is 60.2 Å². The molecule has 0 saturated carbocycles. The lowest BCUT2D eigenvalue weighted by Crippen LogP contribution is -2.29. The topological polar surface area (TPSA) is 107 Å². The number of amides is 1. The molecule has 10 heteroatoms. The molecule has 1 fully saturated rings. The molecular weight excluding hydrogens is 532 g/mol. The number of fused-ring (bicyclic) bond motifs is 2. The standard InChI is InChI=1S/C30H26N2O7S/c1-4-37-20-9-6-17(14-22(20)36-3)26-25(27(33)18-7-10-21-23(15-18)39-12-11-38-21)28(34)29(35)32(26)30-31-19-8-5-16(2)13-24(19)40-30/h5-10,13-15,26,33H,4,11-12H2,1-3H3/t26-/m1/s1. The average Bonchev–Trinajstić information content (AvgIpc) is 3.50. The van der Waals surface area contributed by atoms with E-state index in [-0.39, 0.29) is 11.3 Å². The lowest BCUT2D eigenvalue weighted by Gasteiger charge is -2.24. The van der Waals surface area contributed by atoms with Crippen LogP contribution in [0.1, 0.15) is 29.7 Å². The summed E-state index contributed by atoms with van der Waals surface area (Å²) in [4.78, 5) is 33.3. The molecule has 4 aromatic rings. The molecule has 1 amide bonds. The van der Waals surface area contributed by atoms with Gasteiger partial charge in [-0.2, -0.15) is 0 Å². The van der Waals surface area contributed by atoms with Crippen molar-refractivity contribution in [2.75, 3.05) is 31.8 Å². The van der Waals surface area contributed by atoms with Crippen molar-refractivity contribution in [2.45, 2.75) is 19.9 Å². The third kappa shape index (κ3) is 4.30. The first kappa shape index (κ1) is 25.7. The number of aliphatic hydroxyl groups is 1. The number of hydrogen-bond acceptors (Lipinski definition) is 9. The van der Waals surface area contributed by atoms with E-state index in [1.165, 1.54) is 23.3 Å². The van der Waals surface area contributed by atoms with Crippen molar-refractivity contribution in [3.8, 4) is 23.0 Å². The van der Waals surface area contributed by atoms with Crippen molar-refractivity contribution in [3.05, 3.63) is 76.9 Å². The van der Waals surface area contributed by atoms with E-state index in [1.807, 2.05) is 32.0 Å². The fraction of sp³-hybridized carbons (Fsp3) is 0.233. The fourth-order valence-electron chi connectivity index (χ4n) is 4.94. The molecule has 9 nitrogen and oxygen atoms in total. The van der Waals surface area contributed by atoms with Gasteiger partial charge in [0.25, 0.3) is 5.78 Å². The second-order valence-electron chi connectivity index (χ2n) is 9.34. The molecule has 3 heterocycles. The normalized spacial score (nSPS) is 17.9. The molecule has 0 bridgehead atoms. The molecule has 3 aromatic carbocycles. The van der Waals surface area contributed by atoms with Crippen LogP contribution in [0.5, 0.6) is 23.0 Å². The number of aryl methyl sites for hydroxylation is 1. The van der Waals surface area contributed by atoms with Gasteiger partial charge in [-0.25, -0.2) is 4.98 Å². The van der Waals surface area contributed by atoms with E-state index in [9.17, 15) is 14.7 Å². The number of ketones is 1. The van der Waals surface area contributed by atoms with Gasteiger partial charge in [-0.15, -0.1) is 0 Å². The summed E-state index contributed by atoms with van der Waals surface area (Å²) in [6.07, 6.45) is 0. The van der Waals surface area contributed by atoms with Crippen LogP contribution in [-0.4, -0.2) is 48.7 Å². The Morgan fingerprint density at radius 1 is 1.05 bits per heavy atom. The van der Waals surface area contributed by atoms with Crippen LogP contribution in [0.3, 0.4) is 0 Å². The molecule has 1 atom stereocenters. The number of thiazole rings is 1. The fourth-order valence-corrected chi connectivity index (χ4v) is 6.03. The van der Waals surface area contributed by atoms with E-state index in [0.29, 0.717) is 64.6 Å². The smallest absolute Gasteiger partial charge is 0.301 e. The van der Waals surface area contributed by atoms with Gasteiger partial charge in [0.1, 0.15) is 19.0 Å². The van der Waals surface area contributed by atoms with E-state index >= 15 is 0 Å². The zero-order valence-electron chi connectivity index (χ0n) is 22.1. The number of carbonyl (C=O) groups excluding carboxylic acids is 2. The van der Waals surface area contributed by atoms with E-state index in [1.54, 1.807) is 36.4 Å². The van der Waals surface area contributed by atoms with E-state index in [0.717, 1.165) is 10.3 Å². The summed E-state index contributed by atoms with van der Waals surface area (Å²) in [6, 6.07) is 14.9. The highest BCUT2D eigenvalue weighted by Gasteiger charge is 2.48. The van der Waals surface area contributed by atoms with Crippen LogP contribution in [0.4, 0.5) is 5.13 Å². The molecule has 0 aliphatic carbocycles. The highest BCUT2D eigenvalue weighted by molar-refractivity contribution is 7.22. The summed E-state index contributed by atoms with van der Waals surface area (Å²) in [5, 5.41) is 11.9. The van der Waals surface area contributed by atoms with Crippen molar-refractivity contribution in [1.29, 1.82) is 0 Å². The van der Waals surface area contributed by atoms with E-state index in [2.05, 4.69) is 4.98 Å². The number of hydrogen-bond donors (Lipinski definition) is 1. The van der Waals surface area contributed by atoms with E-state index in [4.69, 9.17) is 18.9 Å². The Morgan fingerprint density at radius 2 is 1.85 bits per heavy atom. The zero-order chi connectivity index (χ0) is 28.0. The summed E-state index contributed by atoms with van der Waals surface area (Å²) in [6.45, 7) is 5.06. The molecule has 2 aliphatic heterocycles. The van der Waals surface area contributed by atoms with Crippen molar-refractivity contribution < 1.29 is 33.6 Å². The van der Waals surface area contributed by atoms with Gasteiger partial charge in [-0.05, 0) is 67.4 Å². The molecule has 0 spiro atoms. The molecule has 1 aromatic heterocycles. The molecule has 2 aliphatic rings. The number of Topliss-reactive ketones (excluding diaryl/α,β-unsaturated/α-hetero) is 1. The summed E-state index contributed by atoms with van der Waals surface area (Å²) < 4.78 is 23.4. The average molecular weight is 559 g/mol. The number of aliphatic hydroxyl groups excluding tert-OH is 1. The molecule has 1 saturated heterocycles. The van der Waals surface area contributed by atoms with Crippen molar-refractivity contribution in [1.82, 2.24) is 4.98 Å². The Morgan fingerprint density at radius 3 is 2.62 bits per heavy atom. The van der Waals surface area contributed by atoms with Gasteiger partial charge in [0, 0.05) is 5.56 Å². The molecular formula is C30H26N2O7S. The predicted octanol–water partition coefficient (Wildman–Crippen LogP) is 5.41. The quantitative estimate of drug-likeness (QED) is 0.190. The van der Waals surface area contributed by atoms with Crippen LogP contribution in [0, 0.1) is 6.92 Å². The summed E-state index contributed by atoms with van der Waals surface area (Å²) >= 11 is 1.31. The van der Waals surface area contributed by atoms with Crippen LogP contribution in [0.2, 0.25) is 0 Å². The van der Waals surface area contributed by atoms with Crippen LogP contribution in [-0.2, 0) is 9.59 Å². The molecule has 0 radical (unpaired) electrons. The first-order valence-electron chi connectivity index (χ1n) is 12.8. The van der Waals surface area contributed by atoms with Crippen molar-refractivity contribution in [2.24, 2.45) is 0 Å². The first-order chi connectivity index (χ1) is 19.4. The number of methoxy groups -OCH3 is 1. The number of aromatic nitrogens is 1. The Bertz CT molecular complexity index is 1690. The minimum absolute atomic E-state index is 0.0664. The maximum atomic E-state index is 13.6. The Hall–Kier alpha value is -4.57. The molecule has 1 N–H and O–H groups in total. The summed E-state index contributed by atoms with van der Waals surface area (Å²) in [7, 11) is 1.52. The van der Waals surface area contributed by atoms with Crippen molar-refractivity contribution >= 4 is 44.1 Å². The highest BCUT2D eigenvalue weighted by atomic mass is 32.1. The molecule has 0 unspecified atom stereocenters. The SMILES string of the molecule is CCOc1ccc([C@@H]2C(=C(O)c3ccc4c(c3)OCCO4)C(=O)C(=O)N2c2nc3ccc(C)cc3s2)cc1OC.